The van der Waals surface area contributed by atoms with Crippen molar-refractivity contribution in [3.8, 4) is 0 Å². The molecule has 3 heteroatoms. The van der Waals surface area contributed by atoms with Crippen LogP contribution in [0.25, 0.3) is 0 Å². The maximum atomic E-state index is 4.00. The number of aliphatic imine (C=N–C) groups is 3. The summed E-state index contributed by atoms with van der Waals surface area (Å²) in [5.74, 6) is 0.824. The molecule has 0 aromatic heterocycles. The van der Waals surface area contributed by atoms with E-state index in [1.807, 2.05) is 6.08 Å². The van der Waals surface area contributed by atoms with Crippen molar-refractivity contribution in [3.05, 3.63) is 11.6 Å². The molecule has 0 aliphatic carbocycles. The standard InChI is InChI=1S/C6H5N3/c1-2-8-6-5(1)3-7-4-9-6/h1-2,4H,3H2. The van der Waals surface area contributed by atoms with Gasteiger partial charge in [0.1, 0.15) is 6.34 Å². The highest BCUT2D eigenvalue weighted by molar-refractivity contribution is 6.14. The molecule has 0 spiro atoms. The zero-order valence-electron chi connectivity index (χ0n) is 4.78. The van der Waals surface area contributed by atoms with Crippen molar-refractivity contribution in [1.29, 1.82) is 0 Å². The van der Waals surface area contributed by atoms with E-state index in [9.17, 15) is 0 Å². The number of hydrogen-bond acceptors (Lipinski definition) is 3. The van der Waals surface area contributed by atoms with Crippen molar-refractivity contribution in [2.75, 3.05) is 6.54 Å². The minimum Gasteiger partial charge on any atom is -0.269 e. The summed E-state index contributed by atoms with van der Waals surface area (Å²) in [6.07, 6.45) is 5.24. The monoisotopic (exact) mass is 119 g/mol. The second-order valence-electron chi connectivity index (χ2n) is 1.88. The van der Waals surface area contributed by atoms with Gasteiger partial charge >= 0.3 is 0 Å². The number of hydrogen-bond donors (Lipinski definition) is 0. The van der Waals surface area contributed by atoms with Crippen molar-refractivity contribution < 1.29 is 0 Å². The quantitative estimate of drug-likeness (QED) is 0.443. The van der Waals surface area contributed by atoms with Crippen LogP contribution in [0, 0.1) is 0 Å². The van der Waals surface area contributed by atoms with E-state index in [0.29, 0.717) is 0 Å². The number of allylic oxidation sites excluding steroid dienone is 1. The third kappa shape index (κ3) is 0.614. The van der Waals surface area contributed by atoms with Gasteiger partial charge in [-0.15, -0.1) is 0 Å². The van der Waals surface area contributed by atoms with Gasteiger partial charge in [0, 0.05) is 11.8 Å². The molecule has 3 nitrogen and oxygen atoms in total. The van der Waals surface area contributed by atoms with E-state index < -0.39 is 0 Å². The molecule has 0 aromatic carbocycles. The summed E-state index contributed by atoms with van der Waals surface area (Å²) >= 11 is 0. The Morgan fingerprint density at radius 1 is 1.44 bits per heavy atom. The fourth-order valence-electron chi connectivity index (χ4n) is 0.830. The lowest BCUT2D eigenvalue weighted by Crippen LogP contribution is -2.03. The lowest BCUT2D eigenvalue weighted by molar-refractivity contribution is 1.18. The van der Waals surface area contributed by atoms with Crippen molar-refractivity contribution in [1.82, 2.24) is 0 Å². The summed E-state index contributed by atoms with van der Waals surface area (Å²) in [5, 5.41) is 0. The van der Waals surface area contributed by atoms with Crippen LogP contribution in [-0.2, 0) is 0 Å². The summed E-state index contributed by atoms with van der Waals surface area (Å²) < 4.78 is 0. The van der Waals surface area contributed by atoms with Crippen LogP contribution < -0.4 is 0 Å². The fraction of sp³-hybridized carbons (Fsp3) is 0.167. The average Bonchev–Trinajstić information content (AvgIpc) is 2.33. The second kappa shape index (κ2) is 1.62. The molecular weight excluding hydrogens is 114 g/mol. The van der Waals surface area contributed by atoms with Crippen LogP contribution in [0.4, 0.5) is 0 Å². The van der Waals surface area contributed by atoms with E-state index >= 15 is 0 Å². The van der Waals surface area contributed by atoms with Crippen LogP contribution in [0.2, 0.25) is 0 Å². The highest BCUT2D eigenvalue weighted by Gasteiger charge is 2.09. The minimum atomic E-state index is 0.735. The van der Waals surface area contributed by atoms with Gasteiger partial charge in [-0.1, -0.05) is 0 Å². The van der Waals surface area contributed by atoms with Gasteiger partial charge in [-0.2, -0.15) is 0 Å². The number of rotatable bonds is 0. The molecule has 0 atom stereocenters. The molecule has 44 valence electrons. The molecule has 0 N–H and O–H groups in total. The Hall–Kier alpha value is -1.25. The van der Waals surface area contributed by atoms with Crippen LogP contribution in [0.1, 0.15) is 0 Å². The number of nitrogens with zero attached hydrogens (tertiary/aromatic N) is 3. The number of fused-ring (bicyclic) bond motifs is 1. The zero-order valence-corrected chi connectivity index (χ0v) is 4.78. The van der Waals surface area contributed by atoms with Gasteiger partial charge in [0.15, 0.2) is 5.84 Å². The van der Waals surface area contributed by atoms with Gasteiger partial charge in [-0.05, 0) is 6.08 Å². The van der Waals surface area contributed by atoms with Crippen molar-refractivity contribution in [2.24, 2.45) is 15.0 Å². The largest absolute Gasteiger partial charge is 0.269 e. The van der Waals surface area contributed by atoms with Crippen LogP contribution in [0.15, 0.2) is 26.6 Å². The number of amidine groups is 1. The Morgan fingerprint density at radius 3 is 3.33 bits per heavy atom. The predicted molar refractivity (Wildman–Crippen MR) is 37.4 cm³/mol. The van der Waals surface area contributed by atoms with Crippen LogP contribution >= 0.6 is 0 Å². The fourth-order valence-corrected chi connectivity index (χ4v) is 0.830. The summed E-state index contributed by atoms with van der Waals surface area (Å²) in [6, 6.07) is 0. The Balaban J connectivity index is 2.46. The molecule has 2 heterocycles. The highest BCUT2D eigenvalue weighted by Crippen LogP contribution is 2.07. The summed E-state index contributed by atoms with van der Waals surface area (Å²) in [5.41, 5.74) is 1.12. The first-order chi connectivity index (χ1) is 4.47. The van der Waals surface area contributed by atoms with Gasteiger partial charge in [0.2, 0.25) is 0 Å². The highest BCUT2D eigenvalue weighted by atomic mass is 15.0. The third-order valence-electron chi connectivity index (χ3n) is 1.28. The van der Waals surface area contributed by atoms with Gasteiger partial charge in [0.25, 0.3) is 0 Å². The SMILES string of the molecule is C1=NCC2=CC=NC2=N1. The summed E-state index contributed by atoms with van der Waals surface area (Å²) in [7, 11) is 0. The molecule has 0 bridgehead atoms. The normalized spacial score (nSPS) is 21.3. The Bertz CT molecular complexity index is 245. The van der Waals surface area contributed by atoms with E-state index in [0.717, 1.165) is 18.0 Å². The first-order valence-electron chi connectivity index (χ1n) is 2.76. The molecule has 2 rings (SSSR count). The van der Waals surface area contributed by atoms with E-state index in [1.54, 1.807) is 12.6 Å². The van der Waals surface area contributed by atoms with E-state index in [4.69, 9.17) is 0 Å². The van der Waals surface area contributed by atoms with E-state index in [-0.39, 0.29) is 0 Å². The summed E-state index contributed by atoms with van der Waals surface area (Å²) in [6.45, 7) is 0.735. The van der Waals surface area contributed by atoms with Crippen LogP contribution in [-0.4, -0.2) is 24.9 Å². The van der Waals surface area contributed by atoms with Crippen molar-refractivity contribution in [2.45, 2.75) is 0 Å². The van der Waals surface area contributed by atoms with Crippen LogP contribution in [0.3, 0.4) is 0 Å². The van der Waals surface area contributed by atoms with Crippen LogP contribution in [0.5, 0.6) is 0 Å². The molecule has 0 saturated carbocycles. The Kier molecular flexibility index (Phi) is 0.828. The molecule has 0 unspecified atom stereocenters. The second-order valence-corrected chi connectivity index (χ2v) is 1.88. The lowest BCUT2D eigenvalue weighted by atomic mass is 10.2. The van der Waals surface area contributed by atoms with Gasteiger partial charge in [-0.3, -0.25) is 4.99 Å². The summed E-state index contributed by atoms with van der Waals surface area (Å²) in [4.78, 5) is 11.9. The molecule has 0 amide bonds. The molecule has 9 heavy (non-hydrogen) atoms. The van der Waals surface area contributed by atoms with Gasteiger partial charge in [0.05, 0.1) is 6.54 Å². The van der Waals surface area contributed by atoms with Crippen molar-refractivity contribution >= 4 is 18.4 Å². The molecule has 2 aliphatic heterocycles. The Morgan fingerprint density at radius 2 is 2.44 bits per heavy atom. The van der Waals surface area contributed by atoms with Gasteiger partial charge in [-0.25, -0.2) is 9.98 Å². The maximum absolute atomic E-state index is 4.00. The van der Waals surface area contributed by atoms with E-state index in [1.165, 1.54) is 0 Å². The Labute approximate surface area is 52.5 Å². The first kappa shape index (κ1) is 4.61. The minimum absolute atomic E-state index is 0.735. The topological polar surface area (TPSA) is 37.1 Å². The average molecular weight is 119 g/mol. The molecule has 0 radical (unpaired) electrons. The van der Waals surface area contributed by atoms with Gasteiger partial charge < -0.3 is 0 Å². The zero-order chi connectivity index (χ0) is 6.10. The molecular formula is C6H5N3. The van der Waals surface area contributed by atoms with E-state index in [2.05, 4.69) is 15.0 Å². The van der Waals surface area contributed by atoms with Crippen molar-refractivity contribution in [3.63, 3.8) is 0 Å². The first-order valence-corrected chi connectivity index (χ1v) is 2.76. The smallest absolute Gasteiger partial charge is 0.158 e. The third-order valence-corrected chi connectivity index (χ3v) is 1.28. The molecule has 0 fully saturated rings. The lowest BCUT2D eigenvalue weighted by Gasteiger charge is -2.00. The molecule has 0 saturated heterocycles. The predicted octanol–water partition coefficient (Wildman–Crippen LogP) is 0.438. The molecule has 2 aliphatic rings. The maximum Gasteiger partial charge on any atom is 0.158 e. The molecule has 0 aromatic rings.